The van der Waals surface area contributed by atoms with Crippen molar-refractivity contribution in [1.29, 1.82) is 0 Å². The summed E-state index contributed by atoms with van der Waals surface area (Å²) in [5.74, 6) is 3.47. The van der Waals surface area contributed by atoms with Gasteiger partial charge in [-0.25, -0.2) is 0 Å². The summed E-state index contributed by atoms with van der Waals surface area (Å²) in [5, 5.41) is 3.88. The van der Waals surface area contributed by atoms with Crippen LogP contribution in [0.25, 0.3) is 0 Å². The predicted molar refractivity (Wildman–Crippen MR) is 199 cm³/mol. The van der Waals surface area contributed by atoms with Gasteiger partial charge in [0, 0.05) is 13.1 Å². The Morgan fingerprint density at radius 1 is 0.830 bits per heavy atom. The number of aryl methyl sites for hydroxylation is 1. The van der Waals surface area contributed by atoms with Crippen molar-refractivity contribution in [2.75, 3.05) is 39.9 Å². The van der Waals surface area contributed by atoms with E-state index in [0.717, 1.165) is 62.8 Å². The largest absolute Gasteiger partial charge is 0.543 e. The van der Waals surface area contributed by atoms with Gasteiger partial charge < -0.3 is 19.2 Å². The maximum atomic E-state index is 6.67. The number of methoxy groups -OCH3 is 1. The van der Waals surface area contributed by atoms with Crippen LogP contribution in [0.1, 0.15) is 93.0 Å². The van der Waals surface area contributed by atoms with Crippen LogP contribution in [0.4, 0.5) is 0 Å². The number of fused-ring (bicyclic) bond motifs is 1. The number of hydrogen-bond donors (Lipinski definition) is 1. The van der Waals surface area contributed by atoms with Gasteiger partial charge in [-0.05, 0) is 153 Å². The third kappa shape index (κ3) is 10.1. The molecule has 0 radical (unpaired) electrons. The highest BCUT2D eigenvalue weighted by atomic mass is 28.4. The normalized spacial score (nSPS) is 17.8. The molecular weight excluding hydrogens is 597 g/mol. The molecule has 1 aliphatic heterocycles. The summed E-state index contributed by atoms with van der Waals surface area (Å²) in [4.78, 5) is 2.55. The highest BCUT2D eigenvalue weighted by Gasteiger charge is 2.39. The van der Waals surface area contributed by atoms with E-state index in [-0.39, 0.29) is 5.04 Å². The molecule has 256 valence electrons. The first-order valence-corrected chi connectivity index (χ1v) is 21.1. The minimum atomic E-state index is -1.86. The molecule has 0 bridgehead atoms. The van der Waals surface area contributed by atoms with E-state index in [1.165, 1.54) is 79.4 Å². The van der Waals surface area contributed by atoms with Gasteiger partial charge in [0.05, 0.1) is 7.11 Å². The molecule has 1 N–H and O–H groups in total. The van der Waals surface area contributed by atoms with E-state index in [2.05, 4.69) is 105 Å². The van der Waals surface area contributed by atoms with E-state index < -0.39 is 8.32 Å². The van der Waals surface area contributed by atoms with Crippen LogP contribution < -0.4 is 19.2 Å². The lowest BCUT2D eigenvalue weighted by molar-refractivity contribution is 0.214. The van der Waals surface area contributed by atoms with Crippen molar-refractivity contribution >= 4 is 8.32 Å². The lowest BCUT2D eigenvalue weighted by Gasteiger charge is -2.36. The Morgan fingerprint density at radius 3 is 2.28 bits per heavy atom. The maximum Gasteiger partial charge on any atom is 0.250 e. The van der Waals surface area contributed by atoms with Gasteiger partial charge in [0.2, 0.25) is 8.32 Å². The van der Waals surface area contributed by atoms with Gasteiger partial charge in [-0.2, -0.15) is 0 Å². The minimum absolute atomic E-state index is 0.190. The fraction of sp³-hybridized carbons (Fsp3) is 0.561. The second-order valence-corrected chi connectivity index (χ2v) is 20.1. The SMILES string of the molecule is COc1ccc(C2CCCc3cc(O[Si](C)(C)C(C)(C)C)ccc3C2)c(CCNCc2ccc(OCCN3CCCCCC3)cc2)c1. The number of hydrogen-bond acceptors (Lipinski definition) is 5. The van der Waals surface area contributed by atoms with Crippen molar-refractivity contribution in [3.8, 4) is 17.2 Å². The molecule has 1 atom stereocenters. The maximum absolute atomic E-state index is 6.67. The quantitative estimate of drug-likeness (QED) is 0.113. The van der Waals surface area contributed by atoms with Crippen LogP contribution in [-0.4, -0.2) is 53.1 Å². The zero-order valence-corrected chi connectivity index (χ0v) is 31.1. The minimum Gasteiger partial charge on any atom is -0.543 e. The molecule has 1 aliphatic carbocycles. The molecule has 5 rings (SSSR count). The molecule has 3 aromatic rings. The van der Waals surface area contributed by atoms with Crippen molar-refractivity contribution in [3.05, 3.63) is 88.5 Å². The van der Waals surface area contributed by atoms with Crippen LogP contribution in [0, 0.1) is 0 Å². The lowest BCUT2D eigenvalue weighted by Crippen LogP contribution is -2.43. The highest BCUT2D eigenvalue weighted by molar-refractivity contribution is 6.74. The monoisotopic (exact) mass is 656 g/mol. The number of rotatable bonds is 13. The average molecular weight is 657 g/mol. The van der Waals surface area contributed by atoms with Crippen molar-refractivity contribution in [3.63, 3.8) is 0 Å². The summed E-state index contributed by atoms with van der Waals surface area (Å²) >= 11 is 0. The Balaban J connectivity index is 1.15. The molecular formula is C41H60N2O3Si. The van der Waals surface area contributed by atoms with Gasteiger partial charge in [-0.3, -0.25) is 4.90 Å². The summed E-state index contributed by atoms with van der Waals surface area (Å²) in [7, 11) is -0.0951. The van der Waals surface area contributed by atoms with Crippen LogP contribution in [0.5, 0.6) is 17.2 Å². The molecule has 0 aromatic heterocycles. The molecule has 0 amide bonds. The van der Waals surface area contributed by atoms with Crippen LogP contribution in [0.3, 0.4) is 0 Å². The summed E-state index contributed by atoms with van der Waals surface area (Å²) in [5.41, 5.74) is 7.10. The Labute approximate surface area is 286 Å². The number of ether oxygens (including phenoxy) is 2. The third-order valence-electron chi connectivity index (χ3n) is 10.8. The summed E-state index contributed by atoms with van der Waals surface area (Å²) in [6.45, 7) is 17.6. The van der Waals surface area contributed by atoms with E-state index in [1.54, 1.807) is 7.11 Å². The molecule has 1 unspecified atom stereocenters. The highest BCUT2D eigenvalue weighted by Crippen LogP contribution is 2.39. The molecule has 0 spiro atoms. The predicted octanol–water partition coefficient (Wildman–Crippen LogP) is 9.33. The van der Waals surface area contributed by atoms with Gasteiger partial charge >= 0.3 is 0 Å². The molecule has 1 fully saturated rings. The van der Waals surface area contributed by atoms with Gasteiger partial charge in [-0.15, -0.1) is 0 Å². The van der Waals surface area contributed by atoms with Crippen LogP contribution in [-0.2, 0) is 25.8 Å². The van der Waals surface area contributed by atoms with E-state index in [9.17, 15) is 0 Å². The van der Waals surface area contributed by atoms with Crippen molar-refractivity contribution in [2.24, 2.45) is 0 Å². The molecule has 47 heavy (non-hydrogen) atoms. The molecule has 5 nitrogen and oxygen atoms in total. The van der Waals surface area contributed by atoms with E-state index in [1.807, 2.05) is 0 Å². The van der Waals surface area contributed by atoms with Gasteiger partial charge in [-0.1, -0.05) is 57.9 Å². The van der Waals surface area contributed by atoms with Crippen molar-refractivity contribution in [1.82, 2.24) is 10.2 Å². The molecule has 2 aliphatic rings. The molecule has 0 saturated carbocycles. The van der Waals surface area contributed by atoms with Crippen molar-refractivity contribution in [2.45, 2.75) is 109 Å². The smallest absolute Gasteiger partial charge is 0.250 e. The van der Waals surface area contributed by atoms with Gasteiger partial charge in [0.25, 0.3) is 0 Å². The van der Waals surface area contributed by atoms with E-state index >= 15 is 0 Å². The Bertz CT molecular complexity index is 1410. The standard InChI is InChI=1S/C41H60N2O3Si/c1-41(2,3)47(5,6)46-39-19-16-34-28-35(13-11-12-33(34)29-39)40-21-20-38(44-4)30-36(40)22-23-42-31-32-14-17-37(18-15-32)45-27-26-43-24-9-7-8-10-25-43/h14-21,29-30,35,42H,7-13,22-28,31H2,1-6H3. The zero-order valence-electron chi connectivity index (χ0n) is 30.1. The third-order valence-corrected chi connectivity index (χ3v) is 15.2. The van der Waals surface area contributed by atoms with Gasteiger partial charge in [0.15, 0.2) is 0 Å². The van der Waals surface area contributed by atoms with Crippen LogP contribution in [0.2, 0.25) is 18.1 Å². The molecule has 6 heteroatoms. The summed E-state index contributed by atoms with van der Waals surface area (Å²) in [6.07, 6.45) is 11.0. The van der Waals surface area contributed by atoms with Gasteiger partial charge in [0.1, 0.15) is 23.9 Å². The van der Waals surface area contributed by atoms with Crippen LogP contribution >= 0.6 is 0 Å². The Hall–Kier alpha value is -2.80. The fourth-order valence-electron chi connectivity index (χ4n) is 6.85. The first-order chi connectivity index (χ1) is 22.6. The number of likely N-dealkylation sites (tertiary alicyclic amines) is 1. The second kappa shape index (κ2) is 16.5. The van der Waals surface area contributed by atoms with E-state index in [0.29, 0.717) is 5.92 Å². The number of nitrogens with zero attached hydrogens (tertiary/aromatic N) is 1. The lowest BCUT2D eigenvalue weighted by atomic mass is 9.86. The first-order valence-electron chi connectivity index (χ1n) is 18.2. The first kappa shape index (κ1) is 35.5. The fourth-order valence-corrected chi connectivity index (χ4v) is 7.88. The Kier molecular flexibility index (Phi) is 12.5. The average Bonchev–Trinajstić information content (AvgIpc) is 3.44. The molecule has 3 aromatic carbocycles. The topological polar surface area (TPSA) is 43.0 Å². The Morgan fingerprint density at radius 2 is 1.55 bits per heavy atom. The summed E-state index contributed by atoms with van der Waals surface area (Å²) < 4.78 is 18.4. The van der Waals surface area contributed by atoms with Crippen molar-refractivity contribution < 1.29 is 13.9 Å². The van der Waals surface area contributed by atoms with E-state index in [4.69, 9.17) is 13.9 Å². The molecule has 1 heterocycles. The van der Waals surface area contributed by atoms with Crippen LogP contribution in [0.15, 0.2) is 60.7 Å². The number of nitrogens with one attached hydrogen (secondary N) is 1. The molecule has 1 saturated heterocycles. The number of benzene rings is 3. The zero-order chi connectivity index (χ0) is 33.3. The second-order valence-electron chi connectivity index (χ2n) is 15.3. The summed E-state index contributed by atoms with van der Waals surface area (Å²) in [6, 6.07) is 22.2.